The second kappa shape index (κ2) is 4.73. The Balaban J connectivity index is 2.32. The Kier molecular flexibility index (Phi) is 3.49. The summed E-state index contributed by atoms with van der Waals surface area (Å²) in [6.45, 7) is 3.33. The van der Waals surface area contributed by atoms with E-state index in [9.17, 15) is 18.0 Å². The molecule has 0 saturated carbocycles. The maximum atomic E-state index is 12.6. The molecule has 1 aromatic rings. The highest BCUT2D eigenvalue weighted by Crippen LogP contribution is 2.40. The van der Waals surface area contributed by atoms with E-state index >= 15 is 0 Å². The minimum atomic E-state index is -4.36. The lowest BCUT2D eigenvalue weighted by Crippen LogP contribution is -2.23. The summed E-state index contributed by atoms with van der Waals surface area (Å²) in [5.41, 5.74) is -0.989. The van der Waals surface area contributed by atoms with Gasteiger partial charge in [0.15, 0.2) is 0 Å². The molecule has 1 N–H and O–H groups in total. The zero-order chi connectivity index (χ0) is 15.1. The van der Waals surface area contributed by atoms with Crippen molar-refractivity contribution in [1.82, 2.24) is 4.98 Å². The zero-order valence-electron chi connectivity index (χ0n) is 10.8. The van der Waals surface area contributed by atoms with Gasteiger partial charge in [-0.05, 0) is 20.3 Å². The zero-order valence-corrected chi connectivity index (χ0v) is 11.6. The number of hydrogen-bond acceptors (Lipinski definition) is 3. The molecule has 2 rings (SSSR count). The number of halogens is 3. The molecule has 0 saturated heterocycles. The van der Waals surface area contributed by atoms with Gasteiger partial charge in [-0.2, -0.15) is 13.2 Å². The molecule has 1 aliphatic rings. The van der Waals surface area contributed by atoms with Crippen molar-refractivity contribution in [3.63, 3.8) is 0 Å². The number of aromatic nitrogens is 1. The van der Waals surface area contributed by atoms with Crippen LogP contribution in [0.15, 0.2) is 23.8 Å². The van der Waals surface area contributed by atoms with Gasteiger partial charge in [0.2, 0.25) is 0 Å². The van der Waals surface area contributed by atoms with Gasteiger partial charge in [-0.15, -0.1) is 11.3 Å². The third kappa shape index (κ3) is 2.63. The van der Waals surface area contributed by atoms with E-state index in [0.29, 0.717) is 10.7 Å². The summed E-state index contributed by atoms with van der Waals surface area (Å²) < 4.78 is 37.7. The van der Waals surface area contributed by atoms with E-state index < -0.39 is 23.1 Å². The van der Waals surface area contributed by atoms with Gasteiger partial charge in [-0.1, -0.05) is 18.2 Å². The first-order chi connectivity index (χ1) is 9.13. The van der Waals surface area contributed by atoms with Crippen molar-refractivity contribution in [2.75, 3.05) is 0 Å². The summed E-state index contributed by atoms with van der Waals surface area (Å²) in [5.74, 6) is -1.07. The summed E-state index contributed by atoms with van der Waals surface area (Å²) in [6.07, 6.45) is -0.620. The molecule has 0 aliphatic heterocycles. The Hall–Kier alpha value is -1.63. The van der Waals surface area contributed by atoms with Gasteiger partial charge in [0.25, 0.3) is 0 Å². The van der Waals surface area contributed by atoms with E-state index in [1.54, 1.807) is 13.8 Å². The Bertz CT molecular complexity index is 616. The Labute approximate surface area is 117 Å². The van der Waals surface area contributed by atoms with Crippen molar-refractivity contribution >= 4 is 17.3 Å². The molecular formula is C13H12F3NO2S. The average Bonchev–Trinajstić information content (AvgIpc) is 2.71. The molecule has 0 amide bonds. The number of alkyl halides is 3. The van der Waals surface area contributed by atoms with Gasteiger partial charge in [-0.3, -0.25) is 0 Å². The summed E-state index contributed by atoms with van der Waals surface area (Å²) in [4.78, 5) is 15.3. The van der Waals surface area contributed by atoms with Gasteiger partial charge >= 0.3 is 12.1 Å². The van der Waals surface area contributed by atoms with E-state index in [1.165, 1.54) is 6.08 Å². The van der Waals surface area contributed by atoms with Gasteiger partial charge in [0, 0.05) is 5.41 Å². The predicted octanol–water partition coefficient (Wildman–Crippen LogP) is 3.86. The average molecular weight is 303 g/mol. The molecule has 0 radical (unpaired) electrons. The van der Waals surface area contributed by atoms with Crippen molar-refractivity contribution < 1.29 is 23.1 Å². The highest BCUT2D eigenvalue weighted by Gasteiger charge is 2.37. The van der Waals surface area contributed by atoms with Crippen LogP contribution in [-0.4, -0.2) is 22.2 Å². The largest absolute Gasteiger partial charge is 0.477 e. The van der Waals surface area contributed by atoms with E-state index in [-0.39, 0.29) is 11.3 Å². The first kappa shape index (κ1) is 14.8. The van der Waals surface area contributed by atoms with E-state index in [0.717, 1.165) is 23.5 Å². The van der Waals surface area contributed by atoms with Crippen LogP contribution >= 0.6 is 11.3 Å². The van der Waals surface area contributed by atoms with Crippen LogP contribution in [0, 0.1) is 6.92 Å². The topological polar surface area (TPSA) is 50.2 Å². The Morgan fingerprint density at radius 2 is 2.15 bits per heavy atom. The first-order valence-electron chi connectivity index (χ1n) is 5.81. The number of allylic oxidation sites excluding steroid dienone is 4. The number of carboxylic acid groups (broad SMARTS) is 1. The summed E-state index contributed by atoms with van der Waals surface area (Å²) in [6, 6.07) is 0. The number of hydrogen-bond donors (Lipinski definition) is 1. The molecule has 0 aromatic carbocycles. The van der Waals surface area contributed by atoms with Crippen LogP contribution < -0.4 is 0 Å². The third-order valence-electron chi connectivity index (χ3n) is 3.18. The minimum absolute atomic E-state index is 0.125. The van der Waals surface area contributed by atoms with Crippen molar-refractivity contribution in [3.05, 3.63) is 39.4 Å². The lowest BCUT2D eigenvalue weighted by Gasteiger charge is -2.26. The van der Waals surface area contributed by atoms with Crippen LogP contribution in [0.3, 0.4) is 0 Å². The number of carbonyl (C=O) groups is 1. The van der Waals surface area contributed by atoms with Gasteiger partial charge in [-0.25, -0.2) is 9.78 Å². The summed E-state index contributed by atoms with van der Waals surface area (Å²) in [7, 11) is 0. The van der Waals surface area contributed by atoms with Crippen molar-refractivity contribution in [2.24, 2.45) is 0 Å². The fourth-order valence-corrected chi connectivity index (χ4v) is 2.98. The maximum Gasteiger partial charge on any atom is 0.416 e. The van der Waals surface area contributed by atoms with Crippen molar-refractivity contribution in [2.45, 2.75) is 31.9 Å². The van der Waals surface area contributed by atoms with Crippen LogP contribution in [0.2, 0.25) is 0 Å². The molecule has 1 atom stereocenters. The highest BCUT2D eigenvalue weighted by molar-refractivity contribution is 7.13. The van der Waals surface area contributed by atoms with Gasteiger partial charge in [0.05, 0.1) is 11.3 Å². The molecule has 1 aromatic heterocycles. The monoisotopic (exact) mass is 303 g/mol. The minimum Gasteiger partial charge on any atom is -0.477 e. The summed E-state index contributed by atoms with van der Waals surface area (Å²) >= 11 is 1.01. The second-order valence-corrected chi connectivity index (χ2v) is 5.85. The molecule has 1 unspecified atom stereocenters. The number of aryl methyl sites for hydroxylation is 1. The van der Waals surface area contributed by atoms with E-state index in [2.05, 4.69) is 4.98 Å². The molecule has 0 spiro atoms. The fourth-order valence-electron chi connectivity index (χ4n) is 1.94. The van der Waals surface area contributed by atoms with Crippen molar-refractivity contribution in [1.29, 1.82) is 0 Å². The highest BCUT2D eigenvalue weighted by atomic mass is 32.1. The number of carboxylic acids is 1. The van der Waals surface area contributed by atoms with Crippen LogP contribution in [0.25, 0.3) is 0 Å². The lowest BCUT2D eigenvalue weighted by molar-refractivity contribution is -0.0887. The van der Waals surface area contributed by atoms with Gasteiger partial charge in [0.1, 0.15) is 9.88 Å². The summed E-state index contributed by atoms with van der Waals surface area (Å²) in [5, 5.41) is 9.52. The van der Waals surface area contributed by atoms with Crippen LogP contribution in [-0.2, 0) is 5.41 Å². The number of thiazole rings is 1. The number of nitrogens with zero attached hydrogens (tertiary/aromatic N) is 1. The second-order valence-electron chi connectivity index (χ2n) is 4.85. The predicted molar refractivity (Wildman–Crippen MR) is 69.1 cm³/mol. The van der Waals surface area contributed by atoms with E-state index in [4.69, 9.17) is 5.11 Å². The normalized spacial score (nSPS) is 22.8. The molecule has 108 valence electrons. The third-order valence-corrected chi connectivity index (χ3v) is 4.61. The molecule has 0 fully saturated rings. The van der Waals surface area contributed by atoms with Crippen molar-refractivity contribution in [3.8, 4) is 0 Å². The molecule has 1 heterocycles. The van der Waals surface area contributed by atoms with Crippen LogP contribution in [0.5, 0.6) is 0 Å². The molecule has 1 aliphatic carbocycles. The quantitative estimate of drug-likeness (QED) is 0.902. The molecular weight excluding hydrogens is 291 g/mol. The molecule has 3 nitrogen and oxygen atoms in total. The first-order valence-corrected chi connectivity index (χ1v) is 6.63. The van der Waals surface area contributed by atoms with E-state index in [1.807, 2.05) is 0 Å². The van der Waals surface area contributed by atoms with Crippen LogP contribution in [0.1, 0.15) is 33.7 Å². The standard InChI is InChI=1S/C13H12F3NO2S/c1-7-9(10(18)19)20-11(17-7)12(2)5-3-8(4-6-12)13(14,15)16/h3-5H,6H2,1-2H3,(H,18,19). The molecule has 20 heavy (non-hydrogen) atoms. The Morgan fingerprint density at radius 3 is 2.55 bits per heavy atom. The smallest absolute Gasteiger partial charge is 0.416 e. The molecule has 7 heteroatoms. The number of rotatable bonds is 2. The molecule has 0 bridgehead atoms. The maximum absolute atomic E-state index is 12.6. The van der Waals surface area contributed by atoms with Crippen LogP contribution in [0.4, 0.5) is 13.2 Å². The number of aromatic carboxylic acids is 1. The fraction of sp³-hybridized carbons (Fsp3) is 0.385. The van der Waals surface area contributed by atoms with Gasteiger partial charge < -0.3 is 5.11 Å². The lowest BCUT2D eigenvalue weighted by atomic mass is 9.82. The Morgan fingerprint density at radius 1 is 1.50 bits per heavy atom. The SMILES string of the molecule is Cc1nc(C2(C)C=CC(C(F)(F)F)=CC2)sc1C(=O)O.